The van der Waals surface area contributed by atoms with Crippen molar-refractivity contribution >= 4 is 17.6 Å². The predicted octanol–water partition coefficient (Wildman–Crippen LogP) is 2.05. The van der Waals surface area contributed by atoms with Gasteiger partial charge in [-0.05, 0) is 31.4 Å². The summed E-state index contributed by atoms with van der Waals surface area (Å²) in [5.41, 5.74) is 2.62. The molecular formula is C15H18N4O3. The standard InChI is InChI=1S/C15H18N4O3/c1-4-11-7-5-6-9(2)13(11)17-14(20)10(3)19-12(15(21)22)8-16-18-19/h5-8,10H,4H2,1-3H3,(H,17,20)(H,21,22). The van der Waals surface area contributed by atoms with Crippen molar-refractivity contribution in [3.63, 3.8) is 0 Å². The molecule has 0 spiro atoms. The molecular weight excluding hydrogens is 284 g/mol. The normalized spacial score (nSPS) is 12.0. The van der Waals surface area contributed by atoms with E-state index < -0.39 is 12.0 Å². The monoisotopic (exact) mass is 302 g/mol. The largest absolute Gasteiger partial charge is 0.476 e. The smallest absolute Gasteiger partial charge is 0.355 e. The van der Waals surface area contributed by atoms with Crippen LogP contribution in [0.4, 0.5) is 5.69 Å². The Labute approximate surface area is 128 Å². The van der Waals surface area contributed by atoms with Crippen LogP contribution in [0.5, 0.6) is 0 Å². The van der Waals surface area contributed by atoms with Crippen molar-refractivity contribution in [2.24, 2.45) is 0 Å². The highest BCUT2D eigenvalue weighted by Crippen LogP contribution is 2.22. The lowest BCUT2D eigenvalue weighted by molar-refractivity contribution is -0.119. The third kappa shape index (κ3) is 2.98. The zero-order valence-corrected chi connectivity index (χ0v) is 12.7. The lowest BCUT2D eigenvalue weighted by Gasteiger charge is -2.17. The van der Waals surface area contributed by atoms with Gasteiger partial charge in [0.2, 0.25) is 5.91 Å². The van der Waals surface area contributed by atoms with E-state index >= 15 is 0 Å². The summed E-state index contributed by atoms with van der Waals surface area (Å²) in [6.45, 7) is 5.51. The molecule has 22 heavy (non-hydrogen) atoms. The average Bonchev–Trinajstić information content (AvgIpc) is 2.98. The molecule has 116 valence electrons. The number of hydrogen-bond donors (Lipinski definition) is 2. The minimum atomic E-state index is -1.17. The molecule has 1 heterocycles. The van der Waals surface area contributed by atoms with Crippen LogP contribution in [0, 0.1) is 6.92 Å². The zero-order chi connectivity index (χ0) is 16.3. The highest BCUT2D eigenvalue weighted by Gasteiger charge is 2.23. The number of carboxylic acids is 1. The van der Waals surface area contributed by atoms with Crippen LogP contribution < -0.4 is 5.32 Å². The van der Waals surface area contributed by atoms with Gasteiger partial charge in [-0.15, -0.1) is 5.10 Å². The summed E-state index contributed by atoms with van der Waals surface area (Å²) in [6.07, 6.45) is 1.91. The topological polar surface area (TPSA) is 97.1 Å². The highest BCUT2D eigenvalue weighted by atomic mass is 16.4. The number of aryl methyl sites for hydroxylation is 2. The quantitative estimate of drug-likeness (QED) is 0.881. The lowest BCUT2D eigenvalue weighted by Crippen LogP contribution is -2.27. The number of hydrogen-bond acceptors (Lipinski definition) is 4. The fraction of sp³-hybridized carbons (Fsp3) is 0.333. The summed E-state index contributed by atoms with van der Waals surface area (Å²) in [5.74, 6) is -1.51. The second-order valence-corrected chi connectivity index (χ2v) is 5.00. The first kappa shape index (κ1) is 15.7. The Morgan fingerprint density at radius 2 is 2.14 bits per heavy atom. The van der Waals surface area contributed by atoms with Crippen LogP contribution in [0.2, 0.25) is 0 Å². The molecule has 1 aromatic carbocycles. The summed E-state index contributed by atoms with van der Waals surface area (Å²) in [4.78, 5) is 23.5. The first-order valence-electron chi connectivity index (χ1n) is 6.98. The molecule has 2 N–H and O–H groups in total. The summed E-state index contributed by atoms with van der Waals surface area (Å²) in [6, 6.07) is 5.02. The minimum Gasteiger partial charge on any atom is -0.476 e. The number of carboxylic acid groups (broad SMARTS) is 1. The number of benzene rings is 1. The van der Waals surface area contributed by atoms with Gasteiger partial charge in [0.25, 0.3) is 0 Å². The van der Waals surface area contributed by atoms with E-state index in [1.807, 2.05) is 32.0 Å². The molecule has 0 fully saturated rings. The van der Waals surface area contributed by atoms with Gasteiger partial charge in [-0.3, -0.25) is 4.79 Å². The van der Waals surface area contributed by atoms with Crippen molar-refractivity contribution in [2.75, 3.05) is 5.32 Å². The Bertz CT molecular complexity index is 709. The molecule has 2 aromatic rings. The summed E-state index contributed by atoms with van der Waals surface area (Å²) in [5, 5.41) is 19.2. The number of aromatic nitrogens is 3. The predicted molar refractivity (Wildman–Crippen MR) is 80.9 cm³/mol. The maximum absolute atomic E-state index is 12.4. The van der Waals surface area contributed by atoms with E-state index in [1.165, 1.54) is 0 Å². The van der Waals surface area contributed by atoms with Crippen LogP contribution in [0.1, 0.15) is 41.5 Å². The number of nitrogens with one attached hydrogen (secondary N) is 1. The first-order chi connectivity index (χ1) is 10.5. The van der Waals surface area contributed by atoms with Crippen LogP contribution in [-0.2, 0) is 11.2 Å². The number of aromatic carboxylic acids is 1. The zero-order valence-electron chi connectivity index (χ0n) is 12.7. The van der Waals surface area contributed by atoms with Gasteiger partial charge in [0.1, 0.15) is 6.04 Å². The Balaban J connectivity index is 2.26. The first-order valence-corrected chi connectivity index (χ1v) is 6.98. The van der Waals surface area contributed by atoms with Crippen molar-refractivity contribution < 1.29 is 14.7 Å². The molecule has 1 atom stereocenters. The molecule has 0 bridgehead atoms. The Morgan fingerprint density at radius 3 is 2.77 bits per heavy atom. The molecule has 7 heteroatoms. The van der Waals surface area contributed by atoms with E-state index in [9.17, 15) is 9.59 Å². The second kappa shape index (κ2) is 6.38. The van der Waals surface area contributed by atoms with Gasteiger partial charge in [-0.2, -0.15) is 0 Å². The van der Waals surface area contributed by atoms with E-state index in [4.69, 9.17) is 5.11 Å². The van der Waals surface area contributed by atoms with Crippen molar-refractivity contribution in [2.45, 2.75) is 33.2 Å². The lowest BCUT2D eigenvalue weighted by atomic mass is 10.1. The number of carbonyl (C=O) groups is 2. The van der Waals surface area contributed by atoms with Gasteiger partial charge in [0.05, 0.1) is 6.20 Å². The second-order valence-electron chi connectivity index (χ2n) is 5.00. The Hall–Kier alpha value is -2.70. The maximum Gasteiger partial charge on any atom is 0.355 e. The molecule has 1 unspecified atom stereocenters. The van der Waals surface area contributed by atoms with Gasteiger partial charge >= 0.3 is 5.97 Å². The average molecular weight is 302 g/mol. The van der Waals surface area contributed by atoms with E-state index in [2.05, 4.69) is 15.6 Å². The molecule has 1 aromatic heterocycles. The summed E-state index contributed by atoms with van der Waals surface area (Å²) < 4.78 is 1.10. The third-order valence-corrected chi connectivity index (χ3v) is 3.53. The van der Waals surface area contributed by atoms with E-state index in [-0.39, 0.29) is 11.6 Å². The maximum atomic E-state index is 12.4. The molecule has 0 aliphatic carbocycles. The van der Waals surface area contributed by atoms with Gasteiger partial charge in [0.15, 0.2) is 5.69 Å². The SMILES string of the molecule is CCc1cccc(C)c1NC(=O)C(C)n1nncc1C(=O)O. The molecule has 2 rings (SSSR count). The van der Waals surface area contributed by atoms with E-state index in [1.54, 1.807) is 6.92 Å². The van der Waals surface area contributed by atoms with Crippen molar-refractivity contribution in [3.05, 3.63) is 41.2 Å². The molecule has 7 nitrogen and oxygen atoms in total. The Morgan fingerprint density at radius 1 is 1.41 bits per heavy atom. The fourth-order valence-electron chi connectivity index (χ4n) is 2.22. The van der Waals surface area contributed by atoms with Crippen LogP contribution in [-0.4, -0.2) is 32.0 Å². The van der Waals surface area contributed by atoms with Crippen LogP contribution in [0.3, 0.4) is 0 Å². The van der Waals surface area contributed by atoms with Gasteiger partial charge < -0.3 is 10.4 Å². The number of rotatable bonds is 5. The molecule has 0 saturated carbocycles. The number of para-hydroxylation sites is 1. The third-order valence-electron chi connectivity index (χ3n) is 3.53. The van der Waals surface area contributed by atoms with Gasteiger partial charge in [-0.25, -0.2) is 9.48 Å². The van der Waals surface area contributed by atoms with Crippen molar-refractivity contribution in [1.29, 1.82) is 0 Å². The highest BCUT2D eigenvalue weighted by molar-refractivity contribution is 5.95. The molecule has 0 aliphatic rings. The van der Waals surface area contributed by atoms with Gasteiger partial charge in [-0.1, -0.05) is 30.3 Å². The Kier molecular flexibility index (Phi) is 4.55. The van der Waals surface area contributed by atoms with Crippen LogP contribution in [0.15, 0.2) is 24.4 Å². The van der Waals surface area contributed by atoms with Crippen molar-refractivity contribution in [3.8, 4) is 0 Å². The van der Waals surface area contributed by atoms with E-state index in [0.29, 0.717) is 0 Å². The molecule has 0 saturated heterocycles. The summed E-state index contributed by atoms with van der Waals surface area (Å²) in [7, 11) is 0. The molecule has 1 amide bonds. The minimum absolute atomic E-state index is 0.122. The number of amides is 1. The number of anilines is 1. The molecule has 0 radical (unpaired) electrons. The van der Waals surface area contributed by atoms with Crippen LogP contribution in [0.25, 0.3) is 0 Å². The van der Waals surface area contributed by atoms with Crippen molar-refractivity contribution in [1.82, 2.24) is 15.0 Å². The van der Waals surface area contributed by atoms with Gasteiger partial charge in [0, 0.05) is 5.69 Å². The number of carbonyl (C=O) groups excluding carboxylic acids is 1. The fourth-order valence-corrected chi connectivity index (χ4v) is 2.22. The van der Waals surface area contributed by atoms with E-state index in [0.717, 1.165) is 34.1 Å². The molecule has 0 aliphatic heterocycles. The van der Waals surface area contributed by atoms with Crippen LogP contribution >= 0.6 is 0 Å². The number of nitrogens with zero attached hydrogens (tertiary/aromatic N) is 3. The summed E-state index contributed by atoms with van der Waals surface area (Å²) >= 11 is 0.